The zero-order chi connectivity index (χ0) is 25.0. The van der Waals surface area contributed by atoms with Gasteiger partial charge < -0.3 is 10.1 Å². The second-order valence-electron chi connectivity index (χ2n) is 7.56. The van der Waals surface area contributed by atoms with Crippen molar-refractivity contribution in [3.8, 4) is 28.3 Å². The fourth-order valence-corrected chi connectivity index (χ4v) is 5.41. The van der Waals surface area contributed by atoms with Crippen LogP contribution in [0.3, 0.4) is 0 Å². The van der Waals surface area contributed by atoms with Crippen LogP contribution < -0.4 is 15.2 Å². The Balaban J connectivity index is 1.78. The molecule has 0 fully saturated rings. The molecule has 0 spiro atoms. The number of nitrogens with one attached hydrogen (secondary N) is 2. The Morgan fingerprint density at radius 1 is 1.09 bits per heavy atom. The number of rotatable bonds is 9. The van der Waals surface area contributed by atoms with Gasteiger partial charge in [0.2, 0.25) is 15.8 Å². The van der Waals surface area contributed by atoms with E-state index in [0.29, 0.717) is 23.1 Å². The lowest BCUT2D eigenvalue weighted by atomic mass is 9.98. The molecule has 4 aromatic rings. The lowest BCUT2D eigenvalue weighted by Crippen LogP contribution is -2.15. The second-order valence-corrected chi connectivity index (χ2v) is 9.91. The van der Waals surface area contributed by atoms with E-state index in [2.05, 4.69) is 36.7 Å². The van der Waals surface area contributed by atoms with Gasteiger partial charge >= 0.3 is 0 Å². The number of sulfonamides is 1. The van der Waals surface area contributed by atoms with E-state index in [1.807, 2.05) is 48.5 Å². The van der Waals surface area contributed by atoms with E-state index in [9.17, 15) is 8.42 Å². The van der Waals surface area contributed by atoms with Crippen molar-refractivity contribution in [3.63, 3.8) is 0 Å². The van der Waals surface area contributed by atoms with Crippen LogP contribution >= 0.6 is 15.9 Å². The summed E-state index contributed by atoms with van der Waals surface area (Å²) in [6.45, 7) is 0.834. The molecule has 3 aromatic carbocycles. The van der Waals surface area contributed by atoms with Crippen LogP contribution in [0.4, 0.5) is 0 Å². The van der Waals surface area contributed by atoms with Crippen LogP contribution in [0.1, 0.15) is 11.1 Å². The molecule has 180 valence electrons. The lowest BCUT2D eigenvalue weighted by Gasteiger charge is -2.14. The summed E-state index contributed by atoms with van der Waals surface area (Å²) < 4.78 is 30.7. The standard InChI is InChI=1S/C23H22BrN7O3S/c1-34-18-8-4-16(5-9-18)13-31-29-23(28-30-31)21-19(10-11-20(24)22(21)35(26,32)33)17-6-2-15(3-7-17)12-27-14-25/h2-11,14H,12-13H2,1H3,(H2,25,27)(H2,26,32,33). The summed E-state index contributed by atoms with van der Waals surface area (Å²) in [7, 11) is -2.54. The third kappa shape index (κ3) is 5.56. The average molecular weight is 556 g/mol. The maximum atomic E-state index is 12.6. The molecule has 4 N–H and O–H groups in total. The number of ether oxygens (including phenoxy) is 1. The van der Waals surface area contributed by atoms with Crippen LogP contribution in [0.5, 0.6) is 5.75 Å². The Morgan fingerprint density at radius 3 is 2.40 bits per heavy atom. The number of benzene rings is 3. The Hall–Kier alpha value is -3.61. The summed E-state index contributed by atoms with van der Waals surface area (Å²) in [5.41, 5.74) is 3.49. The molecular formula is C23H22BrN7O3S. The van der Waals surface area contributed by atoms with E-state index in [1.54, 1.807) is 19.2 Å². The topological polar surface area (TPSA) is 149 Å². The molecule has 0 unspecified atom stereocenters. The van der Waals surface area contributed by atoms with Crippen molar-refractivity contribution >= 4 is 32.3 Å². The molecule has 0 aliphatic carbocycles. The number of primary sulfonamides is 1. The van der Waals surface area contributed by atoms with E-state index in [1.165, 1.54) is 4.80 Å². The number of hydrogen-bond donors (Lipinski definition) is 3. The van der Waals surface area contributed by atoms with Crippen molar-refractivity contribution in [3.05, 3.63) is 76.3 Å². The normalized spacial score (nSPS) is 11.3. The number of nitrogens with zero attached hydrogens (tertiary/aromatic N) is 4. The van der Waals surface area contributed by atoms with Gasteiger partial charge in [0.15, 0.2) is 0 Å². The van der Waals surface area contributed by atoms with Crippen molar-refractivity contribution in [1.82, 2.24) is 25.5 Å². The summed E-state index contributed by atoms with van der Waals surface area (Å²) in [6.07, 6.45) is 1.13. The molecule has 0 aliphatic rings. The van der Waals surface area contributed by atoms with Gasteiger partial charge in [0.1, 0.15) is 10.6 Å². The first kappa shape index (κ1) is 24.5. The van der Waals surface area contributed by atoms with Crippen LogP contribution in [0.2, 0.25) is 0 Å². The highest BCUT2D eigenvalue weighted by Gasteiger charge is 2.26. The SMILES string of the molecule is COc1ccc(Cn2nnc(-c3c(-c4ccc(CNC=N)cc4)ccc(Br)c3S(N)(=O)=O)n2)cc1. The zero-order valence-electron chi connectivity index (χ0n) is 18.6. The molecule has 1 heterocycles. The first-order valence-electron chi connectivity index (χ1n) is 10.4. The van der Waals surface area contributed by atoms with Crippen LogP contribution in [-0.4, -0.2) is 42.1 Å². The smallest absolute Gasteiger partial charge is 0.239 e. The molecule has 0 radical (unpaired) electrons. The highest BCUT2D eigenvalue weighted by molar-refractivity contribution is 9.10. The molecule has 10 nitrogen and oxygen atoms in total. The van der Waals surface area contributed by atoms with Gasteiger partial charge in [0.25, 0.3) is 0 Å². The van der Waals surface area contributed by atoms with Gasteiger partial charge in [0, 0.05) is 11.0 Å². The van der Waals surface area contributed by atoms with Gasteiger partial charge in [-0.3, -0.25) is 5.41 Å². The third-order valence-electron chi connectivity index (χ3n) is 5.23. The fourth-order valence-electron chi connectivity index (χ4n) is 3.57. The molecule has 0 saturated heterocycles. The van der Waals surface area contributed by atoms with E-state index in [4.69, 9.17) is 15.3 Å². The molecule has 12 heteroatoms. The van der Waals surface area contributed by atoms with Gasteiger partial charge in [-0.15, -0.1) is 10.2 Å². The van der Waals surface area contributed by atoms with Gasteiger partial charge in [-0.05, 0) is 61.6 Å². The first-order valence-corrected chi connectivity index (χ1v) is 12.7. The molecule has 4 rings (SSSR count). The number of tetrazole rings is 1. The van der Waals surface area contributed by atoms with Crippen LogP contribution in [0.25, 0.3) is 22.5 Å². The fraction of sp³-hybridized carbons (Fsp3) is 0.130. The molecular weight excluding hydrogens is 534 g/mol. The second kappa shape index (κ2) is 10.3. The first-order chi connectivity index (χ1) is 16.8. The number of nitrogens with two attached hydrogens (primary N) is 1. The maximum Gasteiger partial charge on any atom is 0.239 e. The van der Waals surface area contributed by atoms with Crippen molar-refractivity contribution in [2.75, 3.05) is 7.11 Å². The maximum absolute atomic E-state index is 12.6. The molecule has 1 aromatic heterocycles. The highest BCUT2D eigenvalue weighted by atomic mass is 79.9. The summed E-state index contributed by atoms with van der Waals surface area (Å²) in [5, 5.41) is 28.3. The zero-order valence-corrected chi connectivity index (χ0v) is 21.0. The summed E-state index contributed by atoms with van der Waals surface area (Å²) in [5.74, 6) is 0.866. The third-order valence-corrected chi connectivity index (χ3v) is 7.14. The number of aromatic nitrogens is 4. The van der Waals surface area contributed by atoms with Crippen molar-refractivity contribution < 1.29 is 13.2 Å². The van der Waals surface area contributed by atoms with Crippen LogP contribution in [-0.2, 0) is 23.1 Å². The Morgan fingerprint density at radius 2 is 1.77 bits per heavy atom. The predicted molar refractivity (Wildman–Crippen MR) is 135 cm³/mol. The quantitative estimate of drug-likeness (QED) is 0.212. The number of hydrogen-bond acceptors (Lipinski definition) is 7. The van der Waals surface area contributed by atoms with Gasteiger partial charge in [-0.2, -0.15) is 4.80 Å². The van der Waals surface area contributed by atoms with Crippen molar-refractivity contribution in [2.24, 2.45) is 5.14 Å². The van der Waals surface area contributed by atoms with E-state index in [-0.39, 0.29) is 16.3 Å². The molecule has 35 heavy (non-hydrogen) atoms. The van der Waals surface area contributed by atoms with Crippen molar-refractivity contribution in [2.45, 2.75) is 18.0 Å². The lowest BCUT2D eigenvalue weighted by molar-refractivity contribution is 0.414. The Labute approximate surface area is 210 Å². The minimum absolute atomic E-state index is 0.117. The average Bonchev–Trinajstić information content (AvgIpc) is 3.31. The number of methoxy groups -OCH3 is 1. The van der Waals surface area contributed by atoms with E-state index in [0.717, 1.165) is 28.8 Å². The molecule has 0 atom stereocenters. The van der Waals surface area contributed by atoms with Gasteiger partial charge in [0.05, 0.1) is 25.6 Å². The summed E-state index contributed by atoms with van der Waals surface area (Å²) in [4.78, 5) is 1.27. The van der Waals surface area contributed by atoms with Gasteiger partial charge in [-0.25, -0.2) is 13.6 Å². The molecule has 0 saturated carbocycles. The van der Waals surface area contributed by atoms with Gasteiger partial charge in [-0.1, -0.05) is 42.5 Å². The minimum Gasteiger partial charge on any atom is -0.497 e. The number of halogens is 1. The Kier molecular flexibility index (Phi) is 7.24. The highest BCUT2D eigenvalue weighted by Crippen LogP contribution is 2.39. The molecule has 0 bridgehead atoms. The predicted octanol–water partition coefficient (Wildman–Crippen LogP) is 3.17. The molecule has 0 aliphatic heterocycles. The largest absolute Gasteiger partial charge is 0.497 e. The van der Waals surface area contributed by atoms with Crippen LogP contribution in [0.15, 0.2) is 70.0 Å². The van der Waals surface area contributed by atoms with Crippen molar-refractivity contribution in [1.29, 1.82) is 5.41 Å². The van der Waals surface area contributed by atoms with E-state index >= 15 is 0 Å². The summed E-state index contributed by atoms with van der Waals surface area (Å²) >= 11 is 3.32. The van der Waals surface area contributed by atoms with Crippen LogP contribution in [0, 0.1) is 5.41 Å². The monoisotopic (exact) mass is 555 g/mol. The minimum atomic E-state index is -4.13. The summed E-state index contributed by atoms with van der Waals surface area (Å²) in [6, 6.07) is 18.4. The Bertz CT molecular complexity index is 1450. The molecule has 0 amide bonds. The van der Waals surface area contributed by atoms with E-state index < -0.39 is 10.0 Å².